The molecule has 0 spiro atoms. The van der Waals surface area contributed by atoms with Crippen LogP contribution in [-0.4, -0.2) is 30.8 Å². The first-order valence-electron chi connectivity index (χ1n) is 4.55. The molecule has 1 rings (SSSR count). The SMILES string of the molecule is CS(=O)(=O)N(Cc1ccccc1)C(=O)CCl. The van der Waals surface area contributed by atoms with E-state index in [4.69, 9.17) is 11.6 Å². The Labute approximate surface area is 99.9 Å². The summed E-state index contributed by atoms with van der Waals surface area (Å²) in [6.45, 7) is 0.0191. The molecule has 6 heteroatoms. The van der Waals surface area contributed by atoms with E-state index in [1.165, 1.54) is 0 Å². The van der Waals surface area contributed by atoms with Crippen molar-refractivity contribution in [3.63, 3.8) is 0 Å². The molecule has 1 amide bonds. The fourth-order valence-electron chi connectivity index (χ4n) is 1.21. The van der Waals surface area contributed by atoms with Gasteiger partial charge in [-0.3, -0.25) is 4.79 Å². The van der Waals surface area contributed by atoms with Crippen LogP contribution in [0.1, 0.15) is 5.56 Å². The molecular weight excluding hydrogens is 250 g/mol. The summed E-state index contributed by atoms with van der Waals surface area (Å²) in [5.74, 6) is -0.965. The molecular formula is C10H12ClNO3S. The molecule has 0 radical (unpaired) electrons. The molecule has 4 nitrogen and oxygen atoms in total. The van der Waals surface area contributed by atoms with Crippen LogP contribution < -0.4 is 0 Å². The second-order valence-electron chi connectivity index (χ2n) is 3.28. The third kappa shape index (κ3) is 3.50. The molecule has 0 aliphatic carbocycles. The van der Waals surface area contributed by atoms with Gasteiger partial charge in [-0.25, -0.2) is 12.7 Å². The smallest absolute Gasteiger partial charge is 0.251 e. The lowest BCUT2D eigenvalue weighted by Gasteiger charge is -2.19. The molecule has 1 aromatic rings. The van der Waals surface area contributed by atoms with Gasteiger partial charge in [-0.2, -0.15) is 0 Å². The van der Waals surface area contributed by atoms with Crippen LogP contribution in [0, 0.1) is 0 Å². The number of halogens is 1. The number of nitrogens with zero attached hydrogens (tertiary/aromatic N) is 1. The molecule has 0 unspecified atom stereocenters. The van der Waals surface area contributed by atoms with Crippen molar-refractivity contribution >= 4 is 27.5 Å². The quantitative estimate of drug-likeness (QED) is 0.766. The zero-order valence-electron chi connectivity index (χ0n) is 8.76. The zero-order chi connectivity index (χ0) is 12.2. The normalized spacial score (nSPS) is 11.1. The topological polar surface area (TPSA) is 54.5 Å². The summed E-state index contributed by atoms with van der Waals surface area (Å²) in [5, 5.41) is 0. The van der Waals surface area contributed by atoms with Gasteiger partial charge in [0.25, 0.3) is 5.91 Å². The van der Waals surface area contributed by atoms with Crippen molar-refractivity contribution in [2.45, 2.75) is 6.54 Å². The lowest BCUT2D eigenvalue weighted by Crippen LogP contribution is -2.36. The summed E-state index contributed by atoms with van der Waals surface area (Å²) < 4.78 is 23.5. The van der Waals surface area contributed by atoms with E-state index in [0.29, 0.717) is 0 Å². The Morgan fingerprint density at radius 2 is 1.88 bits per heavy atom. The van der Waals surface area contributed by atoms with Crippen molar-refractivity contribution in [2.24, 2.45) is 0 Å². The average Bonchev–Trinajstić information content (AvgIpc) is 2.25. The molecule has 0 bridgehead atoms. The summed E-state index contributed by atoms with van der Waals surface area (Å²) in [6, 6.07) is 8.87. The first-order valence-corrected chi connectivity index (χ1v) is 6.94. The molecule has 0 aromatic heterocycles. The molecule has 0 aliphatic heterocycles. The fourth-order valence-corrected chi connectivity index (χ4v) is 2.24. The van der Waals surface area contributed by atoms with Gasteiger partial charge in [-0.1, -0.05) is 30.3 Å². The average molecular weight is 262 g/mol. The van der Waals surface area contributed by atoms with Gasteiger partial charge in [-0.05, 0) is 5.56 Å². The van der Waals surface area contributed by atoms with Crippen LogP contribution in [0.4, 0.5) is 0 Å². The molecule has 16 heavy (non-hydrogen) atoms. The molecule has 0 aliphatic rings. The summed E-state index contributed by atoms with van der Waals surface area (Å²) in [6.07, 6.45) is 0.986. The van der Waals surface area contributed by atoms with Crippen molar-refractivity contribution < 1.29 is 13.2 Å². The lowest BCUT2D eigenvalue weighted by molar-refractivity contribution is -0.124. The molecule has 0 fully saturated rings. The third-order valence-corrected chi connectivity index (χ3v) is 3.32. The van der Waals surface area contributed by atoms with Crippen LogP contribution in [0.5, 0.6) is 0 Å². The Kier molecular flexibility index (Phi) is 4.32. The second-order valence-corrected chi connectivity index (χ2v) is 5.46. The standard InChI is InChI=1S/C10H12ClNO3S/c1-16(14,15)12(10(13)7-11)8-9-5-3-2-4-6-9/h2-6H,7-8H2,1H3. The highest BCUT2D eigenvalue weighted by Crippen LogP contribution is 2.09. The predicted molar refractivity (Wildman–Crippen MR) is 62.6 cm³/mol. The van der Waals surface area contributed by atoms with E-state index in [9.17, 15) is 13.2 Å². The number of hydrogen-bond donors (Lipinski definition) is 0. The number of amides is 1. The Hall–Kier alpha value is -1.07. The van der Waals surface area contributed by atoms with Crippen LogP contribution in [0.2, 0.25) is 0 Å². The zero-order valence-corrected chi connectivity index (χ0v) is 10.3. The van der Waals surface area contributed by atoms with Crippen molar-refractivity contribution in [3.8, 4) is 0 Å². The highest BCUT2D eigenvalue weighted by Gasteiger charge is 2.22. The van der Waals surface area contributed by atoms with Gasteiger partial charge in [0, 0.05) is 0 Å². The highest BCUT2D eigenvalue weighted by molar-refractivity contribution is 7.88. The van der Waals surface area contributed by atoms with Gasteiger partial charge in [0.1, 0.15) is 5.88 Å². The van der Waals surface area contributed by atoms with E-state index in [1.54, 1.807) is 24.3 Å². The molecule has 0 saturated heterocycles. The van der Waals surface area contributed by atoms with Crippen LogP contribution in [0.3, 0.4) is 0 Å². The lowest BCUT2D eigenvalue weighted by atomic mass is 10.2. The minimum Gasteiger partial charge on any atom is -0.272 e. The number of carbonyl (C=O) groups is 1. The summed E-state index contributed by atoms with van der Waals surface area (Å²) >= 11 is 5.36. The third-order valence-electron chi connectivity index (χ3n) is 1.96. The van der Waals surface area contributed by atoms with Crippen LogP contribution >= 0.6 is 11.6 Å². The van der Waals surface area contributed by atoms with Crippen LogP contribution in [0.25, 0.3) is 0 Å². The van der Waals surface area contributed by atoms with Crippen molar-refractivity contribution in [3.05, 3.63) is 35.9 Å². The summed E-state index contributed by atoms with van der Waals surface area (Å²) in [7, 11) is -3.58. The first kappa shape index (κ1) is 13.0. The van der Waals surface area contributed by atoms with Crippen LogP contribution in [-0.2, 0) is 21.4 Å². The Bertz CT molecular complexity index is 458. The van der Waals surface area contributed by atoms with Crippen molar-refractivity contribution in [1.29, 1.82) is 0 Å². The molecule has 0 saturated carbocycles. The largest absolute Gasteiger partial charge is 0.272 e. The van der Waals surface area contributed by atoms with E-state index in [2.05, 4.69) is 0 Å². The van der Waals surface area contributed by atoms with Gasteiger partial charge in [0.05, 0.1) is 12.8 Å². The number of sulfonamides is 1. The molecule has 0 heterocycles. The van der Waals surface area contributed by atoms with E-state index in [-0.39, 0.29) is 12.4 Å². The van der Waals surface area contributed by atoms with Crippen molar-refractivity contribution in [2.75, 3.05) is 12.1 Å². The summed E-state index contributed by atoms with van der Waals surface area (Å²) in [4.78, 5) is 11.4. The minimum absolute atomic E-state index is 0.0191. The van der Waals surface area contributed by atoms with E-state index in [0.717, 1.165) is 16.1 Å². The molecule has 0 N–H and O–H groups in total. The number of carbonyl (C=O) groups excluding carboxylic acids is 1. The highest BCUT2D eigenvalue weighted by atomic mass is 35.5. The van der Waals surface area contributed by atoms with Gasteiger partial charge < -0.3 is 0 Å². The Balaban J connectivity index is 2.93. The Morgan fingerprint density at radius 3 is 2.31 bits per heavy atom. The molecule has 1 aromatic carbocycles. The monoisotopic (exact) mass is 261 g/mol. The fraction of sp³-hybridized carbons (Fsp3) is 0.300. The van der Waals surface area contributed by atoms with E-state index in [1.807, 2.05) is 6.07 Å². The van der Waals surface area contributed by atoms with Gasteiger partial charge >= 0.3 is 0 Å². The number of rotatable bonds is 4. The Morgan fingerprint density at radius 1 is 1.31 bits per heavy atom. The van der Waals surface area contributed by atoms with E-state index >= 15 is 0 Å². The molecule has 0 atom stereocenters. The predicted octanol–water partition coefficient (Wildman–Crippen LogP) is 1.21. The maximum atomic E-state index is 11.4. The number of alkyl halides is 1. The maximum absolute atomic E-state index is 11.4. The number of hydrogen-bond acceptors (Lipinski definition) is 3. The van der Waals surface area contributed by atoms with E-state index < -0.39 is 15.9 Å². The minimum atomic E-state index is -3.58. The van der Waals surface area contributed by atoms with Gasteiger partial charge in [0.2, 0.25) is 10.0 Å². The van der Waals surface area contributed by atoms with Gasteiger partial charge in [0.15, 0.2) is 0 Å². The molecule has 88 valence electrons. The first-order chi connectivity index (χ1) is 7.45. The number of benzene rings is 1. The van der Waals surface area contributed by atoms with Crippen LogP contribution in [0.15, 0.2) is 30.3 Å². The van der Waals surface area contributed by atoms with Gasteiger partial charge in [-0.15, -0.1) is 11.6 Å². The maximum Gasteiger partial charge on any atom is 0.251 e. The summed E-state index contributed by atoms with van der Waals surface area (Å²) in [5.41, 5.74) is 0.742. The second kappa shape index (κ2) is 5.32. The van der Waals surface area contributed by atoms with Crippen molar-refractivity contribution in [1.82, 2.24) is 4.31 Å².